The van der Waals surface area contributed by atoms with Crippen LogP contribution < -0.4 is 0 Å². The Balaban J connectivity index is 1.54. The highest BCUT2D eigenvalue weighted by Crippen LogP contribution is 2.26. The van der Waals surface area contributed by atoms with Gasteiger partial charge >= 0.3 is 0 Å². The summed E-state index contributed by atoms with van der Waals surface area (Å²) in [5.41, 5.74) is 5.90. The molecule has 0 amide bonds. The Kier molecular flexibility index (Phi) is 4.59. The van der Waals surface area contributed by atoms with Gasteiger partial charge in [-0.25, -0.2) is 9.20 Å². The van der Waals surface area contributed by atoms with E-state index in [-0.39, 0.29) is 5.78 Å². The van der Waals surface area contributed by atoms with E-state index in [2.05, 4.69) is 21.3 Å². The number of aromatic nitrogens is 5. The van der Waals surface area contributed by atoms with E-state index in [9.17, 15) is 4.79 Å². The van der Waals surface area contributed by atoms with Crippen LogP contribution in [0.3, 0.4) is 0 Å². The zero-order valence-electron chi connectivity index (χ0n) is 17.1. The molecular formula is C25H21N5O. The predicted molar refractivity (Wildman–Crippen MR) is 123 cm³/mol. The van der Waals surface area contributed by atoms with E-state index < -0.39 is 0 Å². The number of hydrogen-bond donors (Lipinski definition) is 0. The fourth-order valence-electron chi connectivity index (χ4n) is 3.92. The molecule has 6 heteroatoms. The van der Waals surface area contributed by atoms with Crippen LogP contribution in [0.15, 0.2) is 85.7 Å². The van der Waals surface area contributed by atoms with Crippen molar-refractivity contribution in [1.82, 2.24) is 24.0 Å². The van der Waals surface area contributed by atoms with Crippen molar-refractivity contribution in [2.75, 3.05) is 0 Å². The lowest BCUT2D eigenvalue weighted by Gasteiger charge is -2.03. The molecule has 31 heavy (non-hydrogen) atoms. The topological polar surface area (TPSA) is 57.1 Å². The van der Waals surface area contributed by atoms with E-state index >= 15 is 0 Å². The molecule has 0 aliphatic rings. The summed E-state index contributed by atoms with van der Waals surface area (Å²) in [6.07, 6.45) is 8.85. The lowest BCUT2D eigenvalue weighted by Crippen LogP contribution is -2.02. The number of carbonyl (C=O) groups is 1. The molecule has 0 saturated heterocycles. The summed E-state index contributed by atoms with van der Waals surface area (Å²) < 4.78 is 5.72. The lowest BCUT2D eigenvalue weighted by molar-refractivity contribution is 0.104. The highest BCUT2D eigenvalue weighted by molar-refractivity contribution is 6.12. The van der Waals surface area contributed by atoms with Crippen molar-refractivity contribution in [3.8, 4) is 5.69 Å². The van der Waals surface area contributed by atoms with E-state index in [0.717, 1.165) is 27.9 Å². The van der Waals surface area contributed by atoms with Gasteiger partial charge in [0, 0.05) is 18.3 Å². The Morgan fingerprint density at radius 3 is 2.58 bits per heavy atom. The molecule has 5 aromatic rings. The van der Waals surface area contributed by atoms with Crippen molar-refractivity contribution < 1.29 is 4.79 Å². The molecule has 0 fully saturated rings. The Hall–Kier alpha value is -4.19. The number of hydrogen-bond acceptors (Lipinski definition) is 3. The molecule has 6 nitrogen and oxygen atoms in total. The van der Waals surface area contributed by atoms with Crippen molar-refractivity contribution in [3.63, 3.8) is 0 Å². The third-order valence-corrected chi connectivity index (χ3v) is 5.30. The van der Waals surface area contributed by atoms with Crippen LogP contribution in [0.4, 0.5) is 0 Å². The number of rotatable bonds is 6. The Morgan fingerprint density at radius 2 is 1.81 bits per heavy atom. The van der Waals surface area contributed by atoms with Crippen molar-refractivity contribution in [1.29, 1.82) is 0 Å². The number of benzene rings is 2. The first kappa shape index (κ1) is 18.8. The van der Waals surface area contributed by atoms with Crippen LogP contribution in [0.2, 0.25) is 0 Å². The Morgan fingerprint density at radius 1 is 1.06 bits per heavy atom. The van der Waals surface area contributed by atoms with E-state index in [1.54, 1.807) is 23.0 Å². The molecular weight excluding hydrogens is 386 g/mol. The third-order valence-electron chi connectivity index (χ3n) is 5.30. The second-order valence-corrected chi connectivity index (χ2v) is 7.34. The fraction of sp³-hybridized carbons (Fsp3) is 0.0800. The van der Waals surface area contributed by atoms with Gasteiger partial charge < -0.3 is 4.57 Å². The van der Waals surface area contributed by atoms with Crippen LogP contribution >= 0.6 is 0 Å². The van der Waals surface area contributed by atoms with Crippen LogP contribution in [-0.4, -0.2) is 29.7 Å². The van der Waals surface area contributed by atoms with Crippen molar-refractivity contribution in [2.24, 2.45) is 0 Å². The number of fused-ring (bicyclic) bond motifs is 3. The monoisotopic (exact) mass is 407 g/mol. The number of carbonyl (C=O) groups excluding carboxylic acids is 1. The summed E-state index contributed by atoms with van der Waals surface area (Å²) >= 11 is 0. The standard InChI is InChI=1S/C25H21N5O/c1-3-15-28-21-11-7-8-12-22(21)30-25(28)24(18(2)27-30)23(31)14-13-19-16-26-29(17-19)20-9-5-4-6-10-20/h3-14,16-17H,1,15H2,2H3/b14-13+. The van der Waals surface area contributed by atoms with Crippen molar-refractivity contribution in [3.05, 3.63) is 103 Å². The number of para-hydroxylation sites is 3. The van der Waals surface area contributed by atoms with Gasteiger partial charge in [0.25, 0.3) is 0 Å². The van der Waals surface area contributed by atoms with Crippen LogP contribution in [0, 0.1) is 6.92 Å². The summed E-state index contributed by atoms with van der Waals surface area (Å²) in [6, 6.07) is 17.9. The summed E-state index contributed by atoms with van der Waals surface area (Å²) in [4.78, 5) is 13.2. The normalized spacial score (nSPS) is 11.6. The van der Waals surface area contributed by atoms with Gasteiger partial charge in [0.15, 0.2) is 5.78 Å². The second kappa shape index (κ2) is 7.57. The first-order chi connectivity index (χ1) is 15.2. The molecule has 152 valence electrons. The molecule has 0 N–H and O–H groups in total. The van der Waals surface area contributed by atoms with Crippen LogP contribution in [0.25, 0.3) is 28.4 Å². The van der Waals surface area contributed by atoms with Gasteiger partial charge in [-0.1, -0.05) is 36.4 Å². The zero-order valence-corrected chi connectivity index (χ0v) is 17.1. The van der Waals surface area contributed by atoms with Gasteiger partial charge in [-0.05, 0) is 43.3 Å². The number of ketones is 1. The van der Waals surface area contributed by atoms with E-state index in [4.69, 9.17) is 0 Å². The van der Waals surface area contributed by atoms with E-state index in [1.165, 1.54) is 0 Å². The maximum atomic E-state index is 13.2. The molecule has 0 bridgehead atoms. The molecule has 2 aromatic carbocycles. The average Bonchev–Trinajstić information content (AvgIpc) is 3.48. The first-order valence-electron chi connectivity index (χ1n) is 10.1. The number of aryl methyl sites for hydroxylation is 1. The Labute approximate surface area is 179 Å². The Bertz CT molecular complexity index is 1450. The summed E-state index contributed by atoms with van der Waals surface area (Å²) in [5, 5.41) is 9.04. The molecule has 0 unspecified atom stereocenters. The van der Waals surface area contributed by atoms with Gasteiger partial charge in [-0.3, -0.25) is 4.79 Å². The second-order valence-electron chi connectivity index (χ2n) is 7.34. The van der Waals surface area contributed by atoms with Crippen LogP contribution in [0.1, 0.15) is 21.6 Å². The van der Waals surface area contributed by atoms with Gasteiger partial charge in [-0.2, -0.15) is 10.2 Å². The number of imidazole rings is 1. The minimum atomic E-state index is -0.0897. The van der Waals surface area contributed by atoms with Crippen molar-refractivity contribution >= 4 is 28.5 Å². The zero-order chi connectivity index (χ0) is 21.4. The highest BCUT2D eigenvalue weighted by Gasteiger charge is 2.21. The SMILES string of the molecule is C=CCn1c2ccccc2n2nc(C)c(C(=O)/C=C/c3cnn(-c4ccccc4)c3)c12. The smallest absolute Gasteiger partial charge is 0.191 e. The summed E-state index contributed by atoms with van der Waals surface area (Å²) in [6.45, 7) is 6.34. The lowest BCUT2D eigenvalue weighted by atomic mass is 10.1. The molecule has 0 aliphatic carbocycles. The highest BCUT2D eigenvalue weighted by atomic mass is 16.1. The number of nitrogens with zero attached hydrogens (tertiary/aromatic N) is 5. The third kappa shape index (κ3) is 3.18. The van der Waals surface area contributed by atoms with Gasteiger partial charge in [-0.15, -0.1) is 6.58 Å². The largest absolute Gasteiger partial charge is 0.320 e. The molecule has 0 radical (unpaired) electrons. The minimum absolute atomic E-state index is 0.0897. The van der Waals surface area contributed by atoms with Crippen LogP contribution in [0.5, 0.6) is 0 Å². The molecule has 5 rings (SSSR count). The maximum Gasteiger partial charge on any atom is 0.191 e. The first-order valence-corrected chi connectivity index (χ1v) is 10.1. The molecule has 0 saturated carbocycles. The molecule has 3 heterocycles. The predicted octanol–water partition coefficient (Wildman–Crippen LogP) is 4.87. The van der Waals surface area contributed by atoms with E-state index in [0.29, 0.717) is 17.8 Å². The minimum Gasteiger partial charge on any atom is -0.320 e. The number of allylic oxidation sites excluding steroid dienone is 2. The summed E-state index contributed by atoms with van der Waals surface area (Å²) in [7, 11) is 0. The quantitative estimate of drug-likeness (QED) is 0.229. The van der Waals surface area contributed by atoms with Gasteiger partial charge in [0.1, 0.15) is 5.65 Å². The molecule has 0 spiro atoms. The summed E-state index contributed by atoms with van der Waals surface area (Å²) in [5.74, 6) is -0.0897. The fourth-order valence-corrected chi connectivity index (χ4v) is 3.92. The molecule has 3 aromatic heterocycles. The van der Waals surface area contributed by atoms with Gasteiger partial charge in [0.05, 0.1) is 34.2 Å². The van der Waals surface area contributed by atoms with E-state index in [1.807, 2.05) is 78.3 Å². The van der Waals surface area contributed by atoms with Crippen LogP contribution in [-0.2, 0) is 6.54 Å². The average molecular weight is 407 g/mol. The molecule has 0 atom stereocenters. The maximum absolute atomic E-state index is 13.2. The van der Waals surface area contributed by atoms with Gasteiger partial charge in [0.2, 0.25) is 0 Å². The van der Waals surface area contributed by atoms with Crippen molar-refractivity contribution in [2.45, 2.75) is 13.5 Å². The molecule has 0 aliphatic heterocycles.